The Morgan fingerprint density at radius 1 is 1.42 bits per heavy atom. The summed E-state index contributed by atoms with van der Waals surface area (Å²) in [5, 5.41) is 0. The molecule has 1 aliphatic heterocycles. The standard InChI is InChI=1S/C10H18NO7P/c1-7(2)9(12)8-4-3-5-11(8)10(13)17-6-18-19(14,15)16/h7-8H,3-6H2,1-2H3,(H2,14,15,16)/t8-/m0/s1. The SMILES string of the molecule is CC(C)C(=O)[C@@H]1CCCN1C(=O)OCOP(=O)(O)O. The van der Waals surface area contributed by atoms with Crippen LogP contribution in [0.15, 0.2) is 0 Å². The molecule has 0 aromatic rings. The minimum Gasteiger partial charge on any atom is -0.422 e. The smallest absolute Gasteiger partial charge is 0.422 e. The number of ketones is 1. The molecule has 1 atom stereocenters. The molecule has 0 aromatic carbocycles. The van der Waals surface area contributed by atoms with Gasteiger partial charge in [0.25, 0.3) is 0 Å². The summed E-state index contributed by atoms with van der Waals surface area (Å²) in [6.45, 7) is 3.04. The van der Waals surface area contributed by atoms with E-state index in [1.807, 2.05) is 0 Å². The molecule has 2 N–H and O–H groups in total. The highest BCUT2D eigenvalue weighted by Crippen LogP contribution is 2.35. The molecule has 1 saturated heterocycles. The van der Waals surface area contributed by atoms with Gasteiger partial charge < -0.3 is 14.5 Å². The zero-order chi connectivity index (χ0) is 14.6. The summed E-state index contributed by atoms with van der Waals surface area (Å²) >= 11 is 0. The summed E-state index contributed by atoms with van der Waals surface area (Å²) in [4.78, 5) is 41.7. The average molecular weight is 295 g/mol. The Morgan fingerprint density at radius 2 is 2.05 bits per heavy atom. The molecule has 1 aliphatic rings. The van der Waals surface area contributed by atoms with Gasteiger partial charge in [0.1, 0.15) is 0 Å². The summed E-state index contributed by atoms with van der Waals surface area (Å²) in [7, 11) is -4.67. The molecule has 0 aromatic heterocycles. The van der Waals surface area contributed by atoms with E-state index < -0.39 is 26.8 Å². The van der Waals surface area contributed by atoms with Crippen molar-refractivity contribution in [1.82, 2.24) is 4.90 Å². The Balaban J connectivity index is 2.51. The summed E-state index contributed by atoms with van der Waals surface area (Å²) < 4.78 is 19.0. The maximum atomic E-state index is 11.9. The number of carbonyl (C=O) groups is 2. The van der Waals surface area contributed by atoms with Crippen LogP contribution in [0.4, 0.5) is 4.79 Å². The molecule has 8 nitrogen and oxygen atoms in total. The maximum absolute atomic E-state index is 11.9. The molecule has 0 spiro atoms. The van der Waals surface area contributed by atoms with E-state index in [1.165, 1.54) is 4.90 Å². The molecule has 110 valence electrons. The third-order valence-corrected chi connectivity index (χ3v) is 3.23. The van der Waals surface area contributed by atoms with Gasteiger partial charge in [0.2, 0.25) is 6.79 Å². The lowest BCUT2D eigenvalue weighted by atomic mass is 10.0. The predicted molar refractivity (Wildman–Crippen MR) is 64.1 cm³/mol. The van der Waals surface area contributed by atoms with Crippen LogP contribution in [-0.2, 0) is 18.6 Å². The lowest BCUT2D eigenvalue weighted by Crippen LogP contribution is -2.42. The van der Waals surface area contributed by atoms with Gasteiger partial charge in [0, 0.05) is 12.5 Å². The third-order valence-electron chi connectivity index (χ3n) is 2.79. The second kappa shape index (κ2) is 6.47. The van der Waals surface area contributed by atoms with E-state index in [0.29, 0.717) is 19.4 Å². The van der Waals surface area contributed by atoms with E-state index in [0.717, 1.165) is 0 Å². The van der Waals surface area contributed by atoms with Crippen LogP contribution in [0.5, 0.6) is 0 Å². The number of rotatable bonds is 5. The Morgan fingerprint density at radius 3 is 2.58 bits per heavy atom. The highest BCUT2D eigenvalue weighted by Gasteiger charge is 2.36. The third kappa shape index (κ3) is 4.91. The first-order valence-corrected chi connectivity index (χ1v) is 7.42. The number of nitrogens with zero attached hydrogens (tertiary/aromatic N) is 1. The molecule has 0 saturated carbocycles. The lowest BCUT2D eigenvalue weighted by molar-refractivity contribution is -0.126. The van der Waals surface area contributed by atoms with Crippen LogP contribution in [0, 0.1) is 5.92 Å². The number of hydrogen-bond donors (Lipinski definition) is 2. The minimum atomic E-state index is -4.67. The van der Waals surface area contributed by atoms with Crippen molar-refractivity contribution in [3.63, 3.8) is 0 Å². The molecular formula is C10H18NO7P. The van der Waals surface area contributed by atoms with E-state index in [9.17, 15) is 14.2 Å². The van der Waals surface area contributed by atoms with E-state index in [-0.39, 0.29) is 11.7 Å². The van der Waals surface area contributed by atoms with Crippen molar-refractivity contribution in [2.75, 3.05) is 13.3 Å². The Hall–Kier alpha value is -0.950. The molecule has 19 heavy (non-hydrogen) atoms. The Bertz CT molecular complexity index is 391. The van der Waals surface area contributed by atoms with Gasteiger partial charge >= 0.3 is 13.9 Å². The molecule has 1 amide bonds. The first kappa shape index (κ1) is 16.1. The van der Waals surface area contributed by atoms with E-state index >= 15 is 0 Å². The van der Waals surface area contributed by atoms with Crippen LogP contribution in [0.25, 0.3) is 0 Å². The van der Waals surface area contributed by atoms with Crippen LogP contribution in [-0.4, -0.2) is 45.9 Å². The van der Waals surface area contributed by atoms with Gasteiger partial charge in [-0.2, -0.15) is 0 Å². The normalized spacial score (nSPS) is 19.8. The molecule has 0 bridgehead atoms. The number of ether oxygens (including phenoxy) is 1. The van der Waals surface area contributed by atoms with E-state index in [1.54, 1.807) is 13.8 Å². The fourth-order valence-electron chi connectivity index (χ4n) is 1.89. The first-order chi connectivity index (χ1) is 8.72. The molecular weight excluding hydrogens is 277 g/mol. The fourth-order valence-corrected chi connectivity index (χ4v) is 2.08. The van der Waals surface area contributed by atoms with Crippen molar-refractivity contribution in [1.29, 1.82) is 0 Å². The average Bonchev–Trinajstić information content (AvgIpc) is 2.74. The highest BCUT2D eigenvalue weighted by molar-refractivity contribution is 7.46. The molecule has 1 rings (SSSR count). The fraction of sp³-hybridized carbons (Fsp3) is 0.800. The highest BCUT2D eigenvalue weighted by atomic mass is 31.2. The van der Waals surface area contributed by atoms with Gasteiger partial charge in [-0.1, -0.05) is 13.8 Å². The number of Topliss-reactive ketones (excluding diaryl/α,β-unsaturated/α-hetero) is 1. The summed E-state index contributed by atoms with van der Waals surface area (Å²) in [6.07, 6.45) is 0.466. The van der Waals surface area contributed by atoms with Crippen LogP contribution in [0.3, 0.4) is 0 Å². The van der Waals surface area contributed by atoms with Crippen LogP contribution < -0.4 is 0 Å². The zero-order valence-corrected chi connectivity index (χ0v) is 11.7. The van der Waals surface area contributed by atoms with Crippen molar-refractivity contribution >= 4 is 19.7 Å². The van der Waals surface area contributed by atoms with E-state index in [4.69, 9.17) is 9.79 Å². The van der Waals surface area contributed by atoms with Gasteiger partial charge in [-0.3, -0.25) is 9.69 Å². The predicted octanol–water partition coefficient (Wildman–Crippen LogP) is 0.879. The molecule has 0 unspecified atom stereocenters. The molecule has 9 heteroatoms. The van der Waals surface area contributed by atoms with Crippen LogP contribution in [0.2, 0.25) is 0 Å². The Kier molecular flexibility index (Phi) is 5.49. The Labute approximate surface area is 110 Å². The van der Waals surface area contributed by atoms with Crippen LogP contribution in [0.1, 0.15) is 26.7 Å². The van der Waals surface area contributed by atoms with Gasteiger partial charge in [0.15, 0.2) is 5.78 Å². The number of carbonyl (C=O) groups excluding carboxylic acids is 2. The number of amides is 1. The van der Waals surface area contributed by atoms with Crippen molar-refractivity contribution in [3.8, 4) is 0 Å². The summed E-state index contributed by atoms with van der Waals surface area (Å²) in [5.74, 6) is -0.241. The van der Waals surface area contributed by atoms with Crippen molar-refractivity contribution in [3.05, 3.63) is 0 Å². The van der Waals surface area contributed by atoms with Crippen molar-refractivity contribution in [2.24, 2.45) is 5.92 Å². The maximum Gasteiger partial charge on any atom is 0.472 e. The van der Waals surface area contributed by atoms with Gasteiger partial charge in [-0.05, 0) is 12.8 Å². The number of hydrogen-bond acceptors (Lipinski definition) is 5. The largest absolute Gasteiger partial charge is 0.472 e. The minimum absolute atomic E-state index is 0.0506. The van der Waals surface area contributed by atoms with Crippen LogP contribution >= 0.6 is 7.82 Å². The topological polar surface area (TPSA) is 113 Å². The van der Waals surface area contributed by atoms with Gasteiger partial charge in [0.05, 0.1) is 6.04 Å². The summed E-state index contributed by atoms with van der Waals surface area (Å²) in [5.41, 5.74) is 0. The first-order valence-electron chi connectivity index (χ1n) is 5.89. The zero-order valence-electron chi connectivity index (χ0n) is 10.8. The molecule has 0 radical (unpaired) electrons. The summed E-state index contributed by atoms with van der Waals surface area (Å²) in [6, 6.07) is -0.525. The van der Waals surface area contributed by atoms with E-state index in [2.05, 4.69) is 9.26 Å². The van der Waals surface area contributed by atoms with Crippen molar-refractivity contribution < 1.29 is 33.2 Å². The molecule has 0 aliphatic carbocycles. The number of likely N-dealkylation sites (tertiary alicyclic amines) is 1. The van der Waals surface area contributed by atoms with Crippen molar-refractivity contribution in [2.45, 2.75) is 32.7 Å². The lowest BCUT2D eigenvalue weighted by Gasteiger charge is -2.24. The quantitative estimate of drug-likeness (QED) is 0.571. The second-order valence-corrected chi connectivity index (χ2v) is 5.80. The monoisotopic (exact) mass is 295 g/mol. The van der Waals surface area contributed by atoms with Gasteiger partial charge in [-0.25, -0.2) is 13.9 Å². The molecule has 1 fully saturated rings. The number of phosphoric acid groups is 1. The molecule has 1 heterocycles. The second-order valence-electron chi connectivity index (χ2n) is 4.56. The van der Waals surface area contributed by atoms with Gasteiger partial charge in [-0.15, -0.1) is 0 Å². The number of phosphoric ester groups is 1.